The molecule has 0 spiro atoms. The highest BCUT2D eigenvalue weighted by atomic mass is 16.1. The van der Waals surface area contributed by atoms with Crippen molar-refractivity contribution in [3.05, 3.63) is 81.4 Å². The monoisotopic (exact) mass is 318 g/mol. The standard InChI is InChI=1S/C18H14N4O2/c23-17-13(15(19-21-17)11-7-3-1-4-8-11)14-16(20-22-18(14)24)12-9-5-2-6-10-12/h1-10H,(H2,19,21,23)(H2,20,22,24). The summed E-state index contributed by atoms with van der Waals surface area (Å²) < 4.78 is 0. The van der Waals surface area contributed by atoms with Gasteiger partial charge in [-0.3, -0.25) is 30.0 Å². The van der Waals surface area contributed by atoms with Crippen LogP contribution in [0.4, 0.5) is 0 Å². The Balaban J connectivity index is 2.00. The molecular weight excluding hydrogens is 304 g/mol. The smallest absolute Gasteiger partial charge is 0.272 e. The van der Waals surface area contributed by atoms with Gasteiger partial charge in [-0.25, -0.2) is 0 Å². The van der Waals surface area contributed by atoms with Gasteiger partial charge in [0.2, 0.25) is 0 Å². The van der Waals surface area contributed by atoms with Crippen molar-refractivity contribution in [2.75, 3.05) is 0 Å². The summed E-state index contributed by atoms with van der Waals surface area (Å²) in [7, 11) is 0. The van der Waals surface area contributed by atoms with Crippen LogP contribution in [0.1, 0.15) is 0 Å². The Hall–Kier alpha value is -3.54. The summed E-state index contributed by atoms with van der Waals surface area (Å²) in [5.74, 6) is 0. The van der Waals surface area contributed by atoms with E-state index in [-0.39, 0.29) is 11.1 Å². The molecule has 0 atom stereocenters. The highest BCUT2D eigenvalue weighted by molar-refractivity contribution is 5.87. The molecule has 0 amide bonds. The van der Waals surface area contributed by atoms with Gasteiger partial charge in [0.25, 0.3) is 11.1 Å². The van der Waals surface area contributed by atoms with Crippen LogP contribution in [0.15, 0.2) is 70.3 Å². The van der Waals surface area contributed by atoms with E-state index in [2.05, 4.69) is 20.4 Å². The van der Waals surface area contributed by atoms with Crippen LogP contribution in [0.5, 0.6) is 0 Å². The lowest BCUT2D eigenvalue weighted by atomic mass is 9.99. The summed E-state index contributed by atoms with van der Waals surface area (Å²) in [5, 5.41) is 10.9. The van der Waals surface area contributed by atoms with Crippen molar-refractivity contribution in [1.82, 2.24) is 20.4 Å². The number of aromatic amines is 4. The van der Waals surface area contributed by atoms with E-state index < -0.39 is 0 Å². The fourth-order valence-electron chi connectivity index (χ4n) is 2.84. The Bertz CT molecular complexity index is 996. The van der Waals surface area contributed by atoms with Crippen LogP contribution in [0.2, 0.25) is 0 Å². The summed E-state index contributed by atoms with van der Waals surface area (Å²) in [4.78, 5) is 24.8. The highest BCUT2D eigenvalue weighted by Crippen LogP contribution is 2.31. The quantitative estimate of drug-likeness (QED) is 0.467. The van der Waals surface area contributed by atoms with E-state index in [1.807, 2.05) is 60.7 Å². The zero-order valence-electron chi connectivity index (χ0n) is 12.6. The third-order valence-corrected chi connectivity index (χ3v) is 3.93. The molecule has 4 N–H and O–H groups in total. The molecule has 0 aliphatic rings. The summed E-state index contributed by atoms with van der Waals surface area (Å²) >= 11 is 0. The molecule has 0 saturated heterocycles. The lowest BCUT2D eigenvalue weighted by Gasteiger charge is -2.04. The molecule has 4 aromatic rings. The molecule has 2 aromatic heterocycles. The van der Waals surface area contributed by atoms with E-state index in [9.17, 15) is 9.59 Å². The molecule has 6 nitrogen and oxygen atoms in total. The van der Waals surface area contributed by atoms with E-state index in [1.165, 1.54) is 0 Å². The first-order valence-corrected chi connectivity index (χ1v) is 7.48. The van der Waals surface area contributed by atoms with Crippen LogP contribution in [-0.4, -0.2) is 20.4 Å². The average molecular weight is 318 g/mol. The molecule has 0 unspecified atom stereocenters. The second kappa shape index (κ2) is 5.58. The molecule has 0 radical (unpaired) electrons. The maximum Gasteiger partial charge on any atom is 0.272 e. The van der Waals surface area contributed by atoms with Gasteiger partial charge in [0.1, 0.15) is 0 Å². The number of hydrogen-bond donors (Lipinski definition) is 4. The van der Waals surface area contributed by atoms with E-state index in [4.69, 9.17) is 0 Å². The van der Waals surface area contributed by atoms with Crippen molar-refractivity contribution in [2.24, 2.45) is 0 Å². The van der Waals surface area contributed by atoms with E-state index >= 15 is 0 Å². The topological polar surface area (TPSA) is 97.3 Å². The minimum absolute atomic E-state index is 0.322. The number of nitrogens with one attached hydrogen (secondary N) is 4. The SMILES string of the molecule is O=c1[nH][nH]c(-c2ccccc2)c1-c1c(-c2ccccc2)[nH][nH]c1=O. The van der Waals surface area contributed by atoms with Crippen molar-refractivity contribution in [3.8, 4) is 33.6 Å². The maximum atomic E-state index is 12.4. The fourth-order valence-corrected chi connectivity index (χ4v) is 2.84. The van der Waals surface area contributed by atoms with E-state index in [1.54, 1.807) is 0 Å². The minimum atomic E-state index is -0.337. The van der Waals surface area contributed by atoms with Gasteiger partial charge in [0.05, 0.1) is 22.5 Å². The molecular formula is C18H14N4O2. The predicted octanol–water partition coefficient (Wildman–Crippen LogP) is 2.72. The second-order valence-electron chi connectivity index (χ2n) is 5.39. The summed E-state index contributed by atoms with van der Waals surface area (Å²) in [6.07, 6.45) is 0. The Morgan fingerprint density at radius 3 is 1.25 bits per heavy atom. The van der Waals surface area contributed by atoms with Crippen molar-refractivity contribution in [3.63, 3.8) is 0 Å². The molecule has 2 aromatic carbocycles. The Labute approximate surface area is 136 Å². The van der Waals surface area contributed by atoms with Gasteiger partial charge in [-0.1, -0.05) is 60.7 Å². The van der Waals surface area contributed by atoms with Crippen molar-refractivity contribution < 1.29 is 0 Å². The Morgan fingerprint density at radius 1 is 0.500 bits per heavy atom. The molecule has 0 fully saturated rings. The fraction of sp³-hybridized carbons (Fsp3) is 0. The van der Waals surface area contributed by atoms with E-state index in [0.29, 0.717) is 22.5 Å². The number of hydrogen-bond acceptors (Lipinski definition) is 2. The second-order valence-corrected chi connectivity index (χ2v) is 5.39. The highest BCUT2D eigenvalue weighted by Gasteiger charge is 2.22. The van der Waals surface area contributed by atoms with Gasteiger partial charge < -0.3 is 0 Å². The van der Waals surface area contributed by atoms with E-state index in [0.717, 1.165) is 11.1 Å². The molecule has 118 valence electrons. The minimum Gasteiger partial charge on any atom is -0.297 e. The molecule has 0 aliphatic heterocycles. The van der Waals surface area contributed by atoms with Crippen LogP contribution < -0.4 is 11.1 Å². The number of H-pyrrole nitrogens is 4. The molecule has 4 rings (SSSR count). The molecule has 6 heteroatoms. The third kappa shape index (κ3) is 2.21. The molecule has 0 aliphatic carbocycles. The van der Waals surface area contributed by atoms with Gasteiger partial charge >= 0.3 is 0 Å². The zero-order chi connectivity index (χ0) is 16.5. The van der Waals surface area contributed by atoms with Gasteiger partial charge in [-0.05, 0) is 0 Å². The summed E-state index contributed by atoms with van der Waals surface area (Å²) in [6.45, 7) is 0. The van der Waals surface area contributed by atoms with Crippen molar-refractivity contribution >= 4 is 0 Å². The zero-order valence-corrected chi connectivity index (χ0v) is 12.6. The first kappa shape index (κ1) is 14.1. The normalized spacial score (nSPS) is 10.8. The summed E-state index contributed by atoms with van der Waals surface area (Å²) in [5.41, 5.74) is 2.79. The maximum absolute atomic E-state index is 12.4. The lowest BCUT2D eigenvalue weighted by Crippen LogP contribution is -2.09. The average Bonchev–Trinajstić information content (AvgIpc) is 3.19. The van der Waals surface area contributed by atoms with Crippen molar-refractivity contribution in [1.29, 1.82) is 0 Å². The van der Waals surface area contributed by atoms with Crippen molar-refractivity contribution in [2.45, 2.75) is 0 Å². The van der Waals surface area contributed by atoms with Gasteiger partial charge in [0, 0.05) is 11.1 Å². The Kier molecular flexibility index (Phi) is 3.28. The molecule has 0 bridgehead atoms. The Morgan fingerprint density at radius 2 is 0.875 bits per heavy atom. The van der Waals surface area contributed by atoms with Gasteiger partial charge in [-0.2, -0.15) is 0 Å². The number of rotatable bonds is 3. The number of benzene rings is 2. The largest absolute Gasteiger partial charge is 0.297 e. The van der Waals surface area contributed by atoms with Crippen LogP contribution >= 0.6 is 0 Å². The number of aromatic nitrogens is 4. The molecule has 2 heterocycles. The van der Waals surface area contributed by atoms with Crippen LogP contribution in [-0.2, 0) is 0 Å². The van der Waals surface area contributed by atoms with Crippen LogP contribution in [0.25, 0.3) is 33.6 Å². The molecule has 0 saturated carbocycles. The summed E-state index contributed by atoms with van der Waals surface area (Å²) in [6, 6.07) is 18.8. The van der Waals surface area contributed by atoms with Crippen LogP contribution in [0, 0.1) is 0 Å². The first-order valence-electron chi connectivity index (χ1n) is 7.48. The third-order valence-electron chi connectivity index (χ3n) is 3.93. The lowest BCUT2D eigenvalue weighted by molar-refractivity contribution is 1.06. The first-order chi connectivity index (χ1) is 11.8. The van der Waals surface area contributed by atoms with Gasteiger partial charge in [-0.15, -0.1) is 0 Å². The van der Waals surface area contributed by atoms with Crippen LogP contribution in [0.3, 0.4) is 0 Å². The van der Waals surface area contributed by atoms with Gasteiger partial charge in [0.15, 0.2) is 0 Å². The predicted molar refractivity (Wildman–Crippen MR) is 92.7 cm³/mol. The molecule has 24 heavy (non-hydrogen) atoms.